The Bertz CT molecular complexity index is 598. The standard InChI is InChI=1S/C18H30F3N5O.HI/c1-13(2)16-10-15(27-25-16)11-24-17(22-3)23-7-4-14-5-8-26(9-6-14)12-18(19,20)21;/h10,13-14H,4-9,11-12H2,1-3H3,(H2,22,23,24);1H. The van der Waals surface area contributed by atoms with Gasteiger partial charge in [0.2, 0.25) is 0 Å². The molecule has 0 saturated carbocycles. The normalized spacial score (nSPS) is 16.9. The van der Waals surface area contributed by atoms with Crippen LogP contribution in [0.5, 0.6) is 0 Å². The van der Waals surface area contributed by atoms with Crippen LogP contribution in [0.25, 0.3) is 0 Å². The predicted octanol–water partition coefficient (Wildman–Crippen LogP) is 3.75. The Morgan fingerprint density at radius 1 is 1.32 bits per heavy atom. The molecule has 0 aromatic carbocycles. The van der Waals surface area contributed by atoms with Crippen LogP contribution in [0.2, 0.25) is 0 Å². The Kier molecular flexibility index (Phi) is 10.6. The molecule has 0 radical (unpaired) electrons. The van der Waals surface area contributed by atoms with Crippen molar-refractivity contribution in [3.63, 3.8) is 0 Å². The Morgan fingerprint density at radius 3 is 2.54 bits per heavy atom. The molecular formula is C18H31F3IN5O. The molecule has 1 aromatic heterocycles. The highest BCUT2D eigenvalue weighted by Gasteiger charge is 2.32. The molecule has 0 unspecified atom stereocenters. The van der Waals surface area contributed by atoms with E-state index in [4.69, 9.17) is 4.52 Å². The monoisotopic (exact) mass is 517 g/mol. The van der Waals surface area contributed by atoms with Gasteiger partial charge in [-0.2, -0.15) is 13.2 Å². The lowest BCUT2D eigenvalue weighted by Gasteiger charge is -2.32. The Hall–Kier alpha value is -1.04. The minimum atomic E-state index is -4.11. The molecule has 0 aliphatic carbocycles. The van der Waals surface area contributed by atoms with E-state index in [0.717, 1.165) is 37.3 Å². The van der Waals surface area contributed by atoms with Crippen LogP contribution in [0.3, 0.4) is 0 Å². The number of hydrogen-bond acceptors (Lipinski definition) is 4. The zero-order valence-corrected chi connectivity index (χ0v) is 19.0. The number of alkyl halides is 3. The fourth-order valence-corrected chi connectivity index (χ4v) is 3.16. The van der Waals surface area contributed by atoms with E-state index in [2.05, 4.69) is 34.6 Å². The van der Waals surface area contributed by atoms with Crippen LogP contribution < -0.4 is 10.6 Å². The second kappa shape index (κ2) is 11.8. The average Bonchev–Trinajstić information content (AvgIpc) is 3.07. The molecule has 0 amide bonds. The topological polar surface area (TPSA) is 65.7 Å². The largest absolute Gasteiger partial charge is 0.401 e. The summed E-state index contributed by atoms with van der Waals surface area (Å²) in [6.45, 7) is 5.58. The third kappa shape index (κ3) is 8.97. The summed E-state index contributed by atoms with van der Waals surface area (Å²) in [5, 5.41) is 10.5. The zero-order valence-electron chi connectivity index (χ0n) is 16.7. The van der Waals surface area contributed by atoms with Gasteiger partial charge in [0, 0.05) is 19.7 Å². The molecular weight excluding hydrogens is 486 g/mol. The first kappa shape index (κ1) is 25.0. The highest BCUT2D eigenvalue weighted by atomic mass is 127. The van der Waals surface area contributed by atoms with Crippen LogP contribution in [0.15, 0.2) is 15.6 Å². The molecule has 2 rings (SSSR count). The summed E-state index contributed by atoms with van der Waals surface area (Å²) < 4.78 is 42.5. The van der Waals surface area contributed by atoms with Gasteiger partial charge in [-0.3, -0.25) is 9.89 Å². The van der Waals surface area contributed by atoms with Crippen LogP contribution in [-0.2, 0) is 6.54 Å². The van der Waals surface area contributed by atoms with Gasteiger partial charge in [-0.25, -0.2) is 0 Å². The SMILES string of the molecule is CN=C(NCCC1CCN(CC(F)(F)F)CC1)NCc1cc(C(C)C)no1.I. The van der Waals surface area contributed by atoms with E-state index >= 15 is 0 Å². The second-order valence-corrected chi connectivity index (χ2v) is 7.35. The maximum atomic E-state index is 12.4. The minimum Gasteiger partial charge on any atom is -0.359 e. The van der Waals surface area contributed by atoms with Gasteiger partial charge in [0.1, 0.15) is 0 Å². The van der Waals surface area contributed by atoms with Crippen LogP contribution in [-0.4, -0.2) is 55.4 Å². The maximum Gasteiger partial charge on any atom is 0.401 e. The van der Waals surface area contributed by atoms with Crippen LogP contribution in [0.4, 0.5) is 13.2 Å². The number of aromatic nitrogens is 1. The quantitative estimate of drug-likeness (QED) is 0.328. The number of hydrogen-bond donors (Lipinski definition) is 2. The number of aliphatic imine (C=N–C) groups is 1. The Morgan fingerprint density at radius 2 is 2.00 bits per heavy atom. The lowest BCUT2D eigenvalue weighted by Crippen LogP contribution is -2.41. The summed E-state index contributed by atoms with van der Waals surface area (Å²) in [5.74, 6) is 2.19. The van der Waals surface area contributed by atoms with Gasteiger partial charge in [-0.1, -0.05) is 19.0 Å². The van der Waals surface area contributed by atoms with Crippen molar-refractivity contribution in [3.05, 3.63) is 17.5 Å². The lowest BCUT2D eigenvalue weighted by molar-refractivity contribution is -0.148. The number of nitrogens with one attached hydrogen (secondary N) is 2. The second-order valence-electron chi connectivity index (χ2n) is 7.35. The predicted molar refractivity (Wildman–Crippen MR) is 114 cm³/mol. The van der Waals surface area contributed by atoms with E-state index < -0.39 is 12.7 Å². The van der Waals surface area contributed by atoms with Crippen molar-refractivity contribution in [2.24, 2.45) is 10.9 Å². The van der Waals surface area contributed by atoms with Crippen LogP contribution in [0.1, 0.15) is 50.5 Å². The number of halogens is 4. The molecule has 1 saturated heterocycles. The summed E-state index contributed by atoms with van der Waals surface area (Å²) >= 11 is 0. The van der Waals surface area contributed by atoms with Gasteiger partial charge in [-0.15, -0.1) is 24.0 Å². The molecule has 0 atom stereocenters. The first-order valence-electron chi connectivity index (χ1n) is 9.46. The Balaban J connectivity index is 0.00000392. The van der Waals surface area contributed by atoms with Gasteiger partial charge in [0.05, 0.1) is 18.8 Å². The molecule has 28 heavy (non-hydrogen) atoms. The molecule has 1 fully saturated rings. The molecule has 6 nitrogen and oxygen atoms in total. The summed E-state index contributed by atoms with van der Waals surface area (Å²) in [6.07, 6.45) is -1.58. The third-order valence-electron chi connectivity index (χ3n) is 4.78. The highest BCUT2D eigenvalue weighted by molar-refractivity contribution is 14.0. The van der Waals surface area contributed by atoms with Crippen molar-refractivity contribution < 1.29 is 17.7 Å². The zero-order chi connectivity index (χ0) is 19.9. The van der Waals surface area contributed by atoms with E-state index in [1.165, 1.54) is 4.90 Å². The maximum absolute atomic E-state index is 12.4. The molecule has 10 heteroatoms. The average molecular weight is 517 g/mol. The molecule has 0 spiro atoms. The molecule has 1 aromatic rings. The van der Waals surface area contributed by atoms with Gasteiger partial charge >= 0.3 is 6.18 Å². The van der Waals surface area contributed by atoms with E-state index in [1.54, 1.807) is 7.05 Å². The lowest BCUT2D eigenvalue weighted by atomic mass is 9.93. The Labute approximate surface area is 181 Å². The summed E-state index contributed by atoms with van der Waals surface area (Å²) in [5.41, 5.74) is 0.923. The first-order valence-corrected chi connectivity index (χ1v) is 9.46. The van der Waals surface area contributed by atoms with Crippen molar-refractivity contribution in [2.75, 3.05) is 33.2 Å². The molecule has 1 aliphatic heterocycles. The number of guanidine groups is 1. The third-order valence-corrected chi connectivity index (χ3v) is 4.78. The van der Waals surface area contributed by atoms with Crippen molar-refractivity contribution in [1.29, 1.82) is 0 Å². The van der Waals surface area contributed by atoms with Crippen molar-refractivity contribution in [1.82, 2.24) is 20.7 Å². The summed E-state index contributed by atoms with van der Waals surface area (Å²) in [6, 6.07) is 1.93. The van der Waals surface area contributed by atoms with E-state index in [-0.39, 0.29) is 24.0 Å². The number of likely N-dealkylation sites (tertiary alicyclic amines) is 1. The fourth-order valence-electron chi connectivity index (χ4n) is 3.16. The number of rotatable bonds is 7. The molecule has 162 valence electrons. The molecule has 2 heterocycles. The van der Waals surface area contributed by atoms with Crippen molar-refractivity contribution >= 4 is 29.9 Å². The number of nitrogens with zero attached hydrogens (tertiary/aromatic N) is 3. The van der Waals surface area contributed by atoms with E-state index in [9.17, 15) is 13.2 Å². The van der Waals surface area contributed by atoms with Crippen molar-refractivity contribution in [2.45, 2.75) is 51.7 Å². The minimum absolute atomic E-state index is 0. The van der Waals surface area contributed by atoms with Gasteiger partial charge in [0.15, 0.2) is 11.7 Å². The van der Waals surface area contributed by atoms with Gasteiger partial charge in [-0.05, 0) is 44.2 Å². The first-order chi connectivity index (χ1) is 12.8. The summed E-state index contributed by atoms with van der Waals surface area (Å²) in [4.78, 5) is 5.67. The van der Waals surface area contributed by atoms with E-state index in [1.807, 2.05) is 6.07 Å². The van der Waals surface area contributed by atoms with Crippen molar-refractivity contribution in [3.8, 4) is 0 Å². The van der Waals surface area contributed by atoms with Gasteiger partial charge in [0.25, 0.3) is 0 Å². The molecule has 0 bridgehead atoms. The molecule has 2 N–H and O–H groups in total. The van der Waals surface area contributed by atoms with Crippen LogP contribution >= 0.6 is 24.0 Å². The van der Waals surface area contributed by atoms with Crippen LogP contribution in [0, 0.1) is 5.92 Å². The highest BCUT2D eigenvalue weighted by Crippen LogP contribution is 2.24. The van der Waals surface area contributed by atoms with Gasteiger partial charge < -0.3 is 15.2 Å². The number of piperidine rings is 1. The fraction of sp³-hybridized carbons (Fsp3) is 0.778. The summed E-state index contributed by atoms with van der Waals surface area (Å²) in [7, 11) is 1.70. The molecule has 1 aliphatic rings. The van der Waals surface area contributed by atoms with E-state index in [0.29, 0.717) is 37.4 Å². The smallest absolute Gasteiger partial charge is 0.359 e.